The Hall–Kier alpha value is -1.34. The van der Waals surface area contributed by atoms with E-state index in [4.69, 9.17) is 9.72 Å². The van der Waals surface area contributed by atoms with Gasteiger partial charge in [0.05, 0.1) is 18.9 Å². The van der Waals surface area contributed by atoms with E-state index in [1.807, 2.05) is 4.57 Å². The van der Waals surface area contributed by atoms with Gasteiger partial charge in [0.2, 0.25) is 0 Å². The van der Waals surface area contributed by atoms with Gasteiger partial charge in [0.15, 0.2) is 5.16 Å². The van der Waals surface area contributed by atoms with Gasteiger partial charge in [0, 0.05) is 16.7 Å². The summed E-state index contributed by atoms with van der Waals surface area (Å²) in [7, 11) is 1.40. The average Bonchev–Trinajstić information content (AvgIpc) is 3.28. The van der Waals surface area contributed by atoms with Gasteiger partial charge in [-0.2, -0.15) is 0 Å². The van der Waals surface area contributed by atoms with Crippen molar-refractivity contribution < 1.29 is 9.53 Å². The van der Waals surface area contributed by atoms with Crippen LogP contribution in [-0.2, 0) is 22.4 Å². The highest BCUT2D eigenvalue weighted by molar-refractivity contribution is 7.99. The zero-order valence-electron chi connectivity index (χ0n) is 15.1. The molecule has 0 N–H and O–H groups in total. The molecule has 0 atom stereocenters. The summed E-state index contributed by atoms with van der Waals surface area (Å²) in [5.41, 5.74) is 1.40. The van der Waals surface area contributed by atoms with Gasteiger partial charge in [-0.3, -0.25) is 14.2 Å². The van der Waals surface area contributed by atoms with Gasteiger partial charge >= 0.3 is 5.97 Å². The number of aromatic nitrogens is 2. The lowest BCUT2D eigenvalue weighted by atomic mass is 9.97. The summed E-state index contributed by atoms with van der Waals surface area (Å²) in [6.07, 6.45) is 9.21. The number of ether oxygens (including phenoxy) is 1. The molecular weight excluding hydrogens is 368 g/mol. The van der Waals surface area contributed by atoms with Crippen LogP contribution in [0.2, 0.25) is 0 Å². The molecule has 140 valence electrons. The van der Waals surface area contributed by atoms with Gasteiger partial charge in [-0.05, 0) is 44.1 Å². The van der Waals surface area contributed by atoms with Crippen molar-refractivity contribution in [1.82, 2.24) is 9.55 Å². The van der Waals surface area contributed by atoms with Crippen LogP contribution in [0, 0.1) is 0 Å². The van der Waals surface area contributed by atoms with Crippen molar-refractivity contribution in [3.05, 3.63) is 20.8 Å². The smallest absolute Gasteiger partial charge is 0.306 e. The zero-order valence-corrected chi connectivity index (χ0v) is 16.7. The van der Waals surface area contributed by atoms with Crippen LogP contribution < -0.4 is 5.56 Å². The number of aryl methyl sites for hydroxylation is 2. The number of methoxy groups -OCH3 is 1. The normalized spacial score (nSPS) is 17.6. The lowest BCUT2D eigenvalue weighted by Gasteiger charge is -2.18. The second-order valence-corrected chi connectivity index (χ2v) is 9.22. The number of fused-ring (bicyclic) bond motifs is 3. The first kappa shape index (κ1) is 18.0. The van der Waals surface area contributed by atoms with Gasteiger partial charge in [-0.15, -0.1) is 11.3 Å². The van der Waals surface area contributed by atoms with E-state index in [1.54, 1.807) is 11.3 Å². The second-order valence-electron chi connectivity index (χ2n) is 7.07. The van der Waals surface area contributed by atoms with Crippen LogP contribution in [0.3, 0.4) is 0 Å². The number of hydrogen-bond donors (Lipinski definition) is 0. The number of thiophene rings is 1. The van der Waals surface area contributed by atoms with E-state index in [1.165, 1.54) is 48.6 Å². The fraction of sp³-hybridized carbons (Fsp3) is 0.632. The van der Waals surface area contributed by atoms with Crippen LogP contribution in [0.5, 0.6) is 0 Å². The van der Waals surface area contributed by atoms with Crippen LogP contribution in [0.4, 0.5) is 0 Å². The number of nitrogens with zero attached hydrogens (tertiary/aromatic N) is 2. The Morgan fingerprint density at radius 3 is 2.81 bits per heavy atom. The highest BCUT2D eigenvalue weighted by atomic mass is 32.2. The van der Waals surface area contributed by atoms with Crippen molar-refractivity contribution in [2.24, 2.45) is 0 Å². The van der Waals surface area contributed by atoms with E-state index in [0.717, 1.165) is 47.5 Å². The summed E-state index contributed by atoms with van der Waals surface area (Å²) < 4.78 is 6.67. The molecule has 2 aliphatic carbocycles. The fourth-order valence-corrected chi connectivity index (χ4v) is 6.40. The molecule has 0 bridgehead atoms. The van der Waals surface area contributed by atoms with Crippen molar-refractivity contribution >= 4 is 39.3 Å². The Morgan fingerprint density at radius 2 is 2.04 bits per heavy atom. The minimum atomic E-state index is -0.222. The predicted molar refractivity (Wildman–Crippen MR) is 105 cm³/mol. The minimum Gasteiger partial charge on any atom is -0.469 e. The third-order valence-electron chi connectivity index (χ3n) is 5.44. The van der Waals surface area contributed by atoms with E-state index in [0.29, 0.717) is 12.2 Å². The van der Waals surface area contributed by atoms with Crippen LogP contribution >= 0.6 is 23.1 Å². The van der Waals surface area contributed by atoms with Gasteiger partial charge in [-0.25, -0.2) is 4.98 Å². The molecule has 0 amide bonds. The second kappa shape index (κ2) is 7.72. The molecule has 26 heavy (non-hydrogen) atoms. The van der Waals surface area contributed by atoms with Gasteiger partial charge in [0.25, 0.3) is 5.56 Å². The number of thioether (sulfide) groups is 1. The molecule has 0 aliphatic heterocycles. The van der Waals surface area contributed by atoms with E-state index in [2.05, 4.69) is 0 Å². The minimum absolute atomic E-state index is 0.141. The lowest BCUT2D eigenvalue weighted by Crippen LogP contribution is -2.27. The highest BCUT2D eigenvalue weighted by Gasteiger charge is 2.27. The van der Waals surface area contributed by atoms with Crippen LogP contribution in [0.25, 0.3) is 10.2 Å². The number of hydrogen-bond acceptors (Lipinski definition) is 6. The molecule has 7 heteroatoms. The van der Waals surface area contributed by atoms with Crippen LogP contribution in [0.1, 0.15) is 61.4 Å². The quantitative estimate of drug-likeness (QED) is 0.435. The maximum absolute atomic E-state index is 13.4. The number of carbonyl (C=O) groups is 1. The lowest BCUT2D eigenvalue weighted by molar-refractivity contribution is -0.140. The van der Waals surface area contributed by atoms with Gasteiger partial charge in [-0.1, -0.05) is 24.6 Å². The van der Waals surface area contributed by atoms with Crippen molar-refractivity contribution in [3.8, 4) is 0 Å². The summed E-state index contributed by atoms with van der Waals surface area (Å²) >= 11 is 3.20. The van der Waals surface area contributed by atoms with Gasteiger partial charge in [0.1, 0.15) is 4.83 Å². The third-order valence-corrected chi connectivity index (χ3v) is 7.58. The van der Waals surface area contributed by atoms with E-state index < -0.39 is 0 Å². The molecule has 0 radical (unpaired) electrons. The number of rotatable bonds is 5. The highest BCUT2D eigenvalue weighted by Crippen LogP contribution is 2.37. The standard InChI is InChI=1S/C19H24N2O3S2/c1-24-15(22)10-11-25-19-20-17-16(13-8-4-5-9-14(13)26-17)18(23)21(19)12-6-2-3-7-12/h12H,2-11H2,1H3. The molecule has 2 heterocycles. The summed E-state index contributed by atoms with van der Waals surface area (Å²) in [6.45, 7) is 0. The van der Waals surface area contributed by atoms with E-state index >= 15 is 0 Å². The molecule has 0 unspecified atom stereocenters. The zero-order chi connectivity index (χ0) is 18.1. The molecule has 1 fully saturated rings. The van der Waals surface area contributed by atoms with Crippen molar-refractivity contribution in [2.75, 3.05) is 12.9 Å². The number of esters is 1. The molecule has 2 aromatic rings. The molecule has 2 aromatic heterocycles. The molecule has 0 spiro atoms. The van der Waals surface area contributed by atoms with Gasteiger partial charge < -0.3 is 4.74 Å². The Labute approximate surface area is 161 Å². The maximum Gasteiger partial charge on any atom is 0.306 e. The number of carbonyl (C=O) groups excluding carboxylic acids is 1. The Balaban J connectivity index is 1.77. The molecular formula is C19H24N2O3S2. The molecule has 0 aromatic carbocycles. The maximum atomic E-state index is 13.4. The molecule has 4 rings (SSSR count). The summed E-state index contributed by atoms with van der Waals surface area (Å²) in [6, 6.07) is 0.249. The topological polar surface area (TPSA) is 61.2 Å². The van der Waals surface area contributed by atoms with E-state index in [9.17, 15) is 9.59 Å². The fourth-order valence-electron chi connectivity index (χ4n) is 4.11. The van der Waals surface area contributed by atoms with E-state index in [-0.39, 0.29) is 17.6 Å². The first-order chi connectivity index (χ1) is 12.7. The molecule has 5 nitrogen and oxygen atoms in total. The predicted octanol–water partition coefficient (Wildman–Crippen LogP) is 4.11. The Morgan fingerprint density at radius 1 is 1.27 bits per heavy atom. The van der Waals surface area contributed by atoms with Crippen LogP contribution in [-0.4, -0.2) is 28.4 Å². The summed E-state index contributed by atoms with van der Waals surface area (Å²) in [5, 5.41) is 1.64. The average molecular weight is 393 g/mol. The SMILES string of the molecule is COC(=O)CCSc1nc2sc3c(c2c(=O)n1C1CCCC1)CCCC3. The molecule has 0 saturated heterocycles. The van der Waals surface area contributed by atoms with Crippen molar-refractivity contribution in [3.63, 3.8) is 0 Å². The third kappa shape index (κ3) is 3.31. The summed E-state index contributed by atoms with van der Waals surface area (Å²) in [5.74, 6) is 0.363. The van der Waals surface area contributed by atoms with Crippen molar-refractivity contribution in [1.29, 1.82) is 0 Å². The van der Waals surface area contributed by atoms with Crippen molar-refractivity contribution in [2.45, 2.75) is 69.0 Å². The molecule has 1 saturated carbocycles. The first-order valence-electron chi connectivity index (χ1n) is 9.45. The summed E-state index contributed by atoms with van der Waals surface area (Å²) in [4.78, 5) is 32.0. The molecule has 2 aliphatic rings. The first-order valence-corrected chi connectivity index (χ1v) is 11.3. The Bertz CT molecular complexity index is 881. The Kier molecular flexibility index (Phi) is 5.36. The largest absolute Gasteiger partial charge is 0.469 e. The van der Waals surface area contributed by atoms with Crippen LogP contribution in [0.15, 0.2) is 9.95 Å². The monoisotopic (exact) mass is 392 g/mol.